The van der Waals surface area contributed by atoms with Crippen molar-refractivity contribution in [3.8, 4) is 11.5 Å². The lowest BCUT2D eigenvalue weighted by atomic mass is 10.1. The van der Waals surface area contributed by atoms with Crippen LogP contribution in [0.25, 0.3) is 0 Å². The Morgan fingerprint density at radius 3 is 2.49 bits per heavy atom. The minimum atomic E-state index is -0.431. The number of nitrogens with one attached hydrogen (secondary N) is 2. The van der Waals surface area contributed by atoms with Crippen LogP contribution in [0.15, 0.2) is 65.7 Å². The quantitative estimate of drug-likeness (QED) is 0.563. The van der Waals surface area contributed by atoms with Gasteiger partial charge in [-0.15, -0.1) is 0 Å². The molecule has 4 rings (SSSR count). The summed E-state index contributed by atoms with van der Waals surface area (Å²) in [6, 6.07) is 11.2. The first-order valence-corrected chi connectivity index (χ1v) is 11.2. The number of hydrogen-bond acceptors (Lipinski definition) is 6. The molecular formula is C25H26FN5O4. The summed E-state index contributed by atoms with van der Waals surface area (Å²) in [6.45, 7) is 5.27. The highest BCUT2D eigenvalue weighted by Gasteiger charge is 2.32. The maximum Gasteiger partial charge on any atom is 0.255 e. The van der Waals surface area contributed by atoms with Gasteiger partial charge in [-0.05, 0) is 56.3 Å². The van der Waals surface area contributed by atoms with Crippen LogP contribution in [0.4, 0.5) is 10.2 Å². The van der Waals surface area contributed by atoms with Crippen molar-refractivity contribution in [3.05, 3.63) is 82.7 Å². The molecular weight excluding hydrogens is 453 g/mol. The average Bonchev–Trinajstić information content (AvgIpc) is 2.86. The lowest BCUT2D eigenvalue weighted by Gasteiger charge is -2.41. The SMILES string of the molecule is C[C@H](C(=O)Nc1ccc(Oc2ccc(F)cc2)cn1)N1CCN(C(=O)c2ccc(=O)[nH]c2)[C@@H](C)C1. The Labute approximate surface area is 201 Å². The molecule has 9 nitrogen and oxygen atoms in total. The fourth-order valence-electron chi connectivity index (χ4n) is 3.90. The minimum absolute atomic E-state index is 0.112. The summed E-state index contributed by atoms with van der Waals surface area (Å²) in [5, 5.41) is 2.81. The van der Waals surface area contributed by atoms with Gasteiger partial charge in [0, 0.05) is 37.9 Å². The molecule has 0 unspecified atom stereocenters. The Morgan fingerprint density at radius 1 is 1.11 bits per heavy atom. The highest BCUT2D eigenvalue weighted by Crippen LogP contribution is 2.22. The van der Waals surface area contributed by atoms with E-state index < -0.39 is 6.04 Å². The second kappa shape index (κ2) is 10.5. The first kappa shape index (κ1) is 24.1. The summed E-state index contributed by atoms with van der Waals surface area (Å²) in [4.78, 5) is 47.4. The smallest absolute Gasteiger partial charge is 0.255 e. The Hall–Kier alpha value is -4.05. The van der Waals surface area contributed by atoms with Crippen molar-refractivity contribution in [1.82, 2.24) is 19.8 Å². The van der Waals surface area contributed by atoms with E-state index in [0.717, 1.165) is 0 Å². The standard InChI is InChI=1S/C25H26FN5O4/c1-16-15-30(11-12-31(16)25(34)18-3-10-23(32)28-13-18)17(2)24(33)29-22-9-8-21(14-27-22)35-20-6-4-19(26)5-7-20/h3-10,13-14,16-17H,11-12,15H2,1-2H3,(H,28,32)(H,27,29,33)/t16-,17+/m0/s1. The van der Waals surface area contributed by atoms with Gasteiger partial charge in [-0.2, -0.15) is 0 Å². The van der Waals surface area contributed by atoms with Crippen LogP contribution < -0.4 is 15.6 Å². The van der Waals surface area contributed by atoms with Gasteiger partial charge in [0.25, 0.3) is 5.91 Å². The Bertz CT molecular complexity index is 1230. The van der Waals surface area contributed by atoms with Gasteiger partial charge in [-0.3, -0.25) is 19.3 Å². The van der Waals surface area contributed by atoms with Gasteiger partial charge in [0.1, 0.15) is 23.1 Å². The zero-order valence-electron chi connectivity index (χ0n) is 19.4. The minimum Gasteiger partial charge on any atom is -0.456 e. The molecule has 1 aliphatic rings. The Morgan fingerprint density at radius 2 is 1.86 bits per heavy atom. The third kappa shape index (κ3) is 5.90. The molecule has 3 aromatic rings. The number of halogens is 1. The summed E-state index contributed by atoms with van der Waals surface area (Å²) >= 11 is 0. The first-order valence-electron chi connectivity index (χ1n) is 11.2. The van der Waals surface area contributed by atoms with E-state index in [1.165, 1.54) is 48.8 Å². The highest BCUT2D eigenvalue weighted by atomic mass is 19.1. The number of amides is 2. The topological polar surface area (TPSA) is 108 Å². The first-order chi connectivity index (χ1) is 16.8. The molecule has 3 heterocycles. The van der Waals surface area contributed by atoms with Gasteiger partial charge < -0.3 is 19.9 Å². The fourth-order valence-corrected chi connectivity index (χ4v) is 3.90. The third-order valence-corrected chi connectivity index (χ3v) is 5.92. The van der Waals surface area contributed by atoms with Crippen LogP contribution in [0, 0.1) is 5.82 Å². The van der Waals surface area contributed by atoms with E-state index in [1.54, 1.807) is 17.0 Å². The zero-order valence-corrected chi connectivity index (χ0v) is 19.4. The number of anilines is 1. The van der Waals surface area contributed by atoms with Crippen molar-refractivity contribution < 1.29 is 18.7 Å². The van der Waals surface area contributed by atoms with Crippen molar-refractivity contribution >= 4 is 17.6 Å². The van der Waals surface area contributed by atoms with Gasteiger partial charge in [0.05, 0.1) is 17.8 Å². The second-order valence-corrected chi connectivity index (χ2v) is 8.38. The van der Waals surface area contributed by atoms with E-state index in [-0.39, 0.29) is 29.2 Å². The van der Waals surface area contributed by atoms with E-state index in [4.69, 9.17) is 4.74 Å². The lowest BCUT2D eigenvalue weighted by Crippen LogP contribution is -2.58. The van der Waals surface area contributed by atoms with Crippen LogP contribution >= 0.6 is 0 Å². The summed E-state index contributed by atoms with van der Waals surface area (Å²) in [5.74, 6) is 0.604. The van der Waals surface area contributed by atoms with Crippen LogP contribution in [-0.2, 0) is 4.79 Å². The van der Waals surface area contributed by atoms with Crippen LogP contribution in [0.5, 0.6) is 11.5 Å². The van der Waals surface area contributed by atoms with Crippen molar-refractivity contribution in [3.63, 3.8) is 0 Å². The summed E-state index contributed by atoms with van der Waals surface area (Å²) in [5.41, 5.74) is 0.164. The van der Waals surface area contributed by atoms with Crippen molar-refractivity contribution in [2.45, 2.75) is 25.9 Å². The van der Waals surface area contributed by atoms with Crippen LogP contribution in [-0.4, -0.2) is 63.3 Å². The van der Waals surface area contributed by atoms with Gasteiger partial charge >= 0.3 is 0 Å². The molecule has 1 aliphatic heterocycles. The van der Waals surface area contributed by atoms with E-state index >= 15 is 0 Å². The van der Waals surface area contributed by atoms with E-state index in [2.05, 4.69) is 15.3 Å². The number of nitrogens with zero attached hydrogens (tertiary/aromatic N) is 3. The molecule has 2 amide bonds. The Kier molecular flexibility index (Phi) is 7.21. The second-order valence-electron chi connectivity index (χ2n) is 8.38. The van der Waals surface area contributed by atoms with Crippen LogP contribution in [0.1, 0.15) is 24.2 Å². The van der Waals surface area contributed by atoms with E-state index in [9.17, 15) is 18.8 Å². The molecule has 35 heavy (non-hydrogen) atoms. The van der Waals surface area contributed by atoms with Gasteiger partial charge in [0.2, 0.25) is 11.5 Å². The number of rotatable bonds is 6. The average molecular weight is 480 g/mol. The molecule has 1 fully saturated rings. The number of carbonyl (C=O) groups excluding carboxylic acids is 2. The molecule has 10 heteroatoms. The molecule has 0 radical (unpaired) electrons. The molecule has 0 spiro atoms. The van der Waals surface area contributed by atoms with E-state index in [0.29, 0.717) is 42.5 Å². The van der Waals surface area contributed by atoms with Gasteiger partial charge in [-0.1, -0.05) is 0 Å². The van der Waals surface area contributed by atoms with Crippen LogP contribution in [0.2, 0.25) is 0 Å². The van der Waals surface area contributed by atoms with Crippen molar-refractivity contribution in [2.75, 3.05) is 25.0 Å². The highest BCUT2D eigenvalue weighted by molar-refractivity contribution is 5.95. The number of aromatic nitrogens is 2. The molecule has 182 valence electrons. The fraction of sp³-hybridized carbons (Fsp3) is 0.280. The van der Waals surface area contributed by atoms with Gasteiger partial charge in [-0.25, -0.2) is 9.37 Å². The van der Waals surface area contributed by atoms with Crippen LogP contribution in [0.3, 0.4) is 0 Å². The number of carbonyl (C=O) groups is 2. The molecule has 0 aliphatic carbocycles. The number of benzene rings is 1. The maximum absolute atomic E-state index is 13.0. The lowest BCUT2D eigenvalue weighted by molar-refractivity contribution is -0.121. The molecule has 0 saturated carbocycles. The number of pyridine rings is 2. The summed E-state index contributed by atoms with van der Waals surface area (Å²) in [6.07, 6.45) is 2.90. The normalized spacial score (nSPS) is 17.0. The molecule has 0 bridgehead atoms. The molecule has 1 saturated heterocycles. The molecule has 2 aromatic heterocycles. The Balaban J connectivity index is 1.31. The summed E-state index contributed by atoms with van der Waals surface area (Å²) < 4.78 is 18.6. The monoisotopic (exact) mass is 479 g/mol. The number of aromatic amines is 1. The third-order valence-electron chi connectivity index (χ3n) is 5.92. The van der Waals surface area contributed by atoms with Crippen molar-refractivity contribution in [2.24, 2.45) is 0 Å². The number of piperazine rings is 1. The summed E-state index contributed by atoms with van der Waals surface area (Å²) in [7, 11) is 0. The molecule has 1 aromatic carbocycles. The number of H-pyrrole nitrogens is 1. The predicted octanol–water partition coefficient (Wildman–Crippen LogP) is 2.87. The van der Waals surface area contributed by atoms with E-state index in [1.807, 2.05) is 18.7 Å². The predicted molar refractivity (Wildman–Crippen MR) is 128 cm³/mol. The number of ether oxygens (including phenoxy) is 1. The van der Waals surface area contributed by atoms with Crippen molar-refractivity contribution in [1.29, 1.82) is 0 Å². The van der Waals surface area contributed by atoms with Gasteiger partial charge in [0.15, 0.2) is 0 Å². The maximum atomic E-state index is 13.0. The number of hydrogen-bond donors (Lipinski definition) is 2. The molecule has 2 N–H and O–H groups in total. The molecule has 2 atom stereocenters. The zero-order chi connectivity index (χ0) is 24.9. The largest absolute Gasteiger partial charge is 0.456 e.